The van der Waals surface area contributed by atoms with Gasteiger partial charge in [-0.3, -0.25) is 0 Å². The van der Waals surface area contributed by atoms with E-state index in [9.17, 15) is 13.2 Å². The van der Waals surface area contributed by atoms with Gasteiger partial charge in [0.2, 0.25) is 0 Å². The van der Waals surface area contributed by atoms with Crippen LogP contribution in [0.25, 0.3) is 0 Å². The first-order valence-corrected chi connectivity index (χ1v) is 4.91. The predicted molar refractivity (Wildman–Crippen MR) is 46.8 cm³/mol. The third-order valence-electron chi connectivity index (χ3n) is 2.78. The molecule has 1 saturated carbocycles. The monoisotopic (exact) mass is 211 g/mol. The molecule has 1 aliphatic rings. The molecule has 2 N–H and O–H groups in total. The molecule has 0 saturated heterocycles. The maximum Gasteiger partial charge on any atom is 0.401 e. The highest BCUT2D eigenvalue weighted by atomic mass is 19.4. The van der Waals surface area contributed by atoms with Crippen molar-refractivity contribution in [2.45, 2.75) is 25.4 Å². The molecular formula is C9H16F3NO. The van der Waals surface area contributed by atoms with Crippen LogP contribution >= 0.6 is 0 Å². The van der Waals surface area contributed by atoms with Gasteiger partial charge in [-0.05, 0) is 31.2 Å². The minimum Gasteiger partial charge on any atom is -0.396 e. The van der Waals surface area contributed by atoms with Crippen LogP contribution in [0.5, 0.6) is 0 Å². The molecule has 0 radical (unpaired) electrons. The second kappa shape index (κ2) is 4.98. The van der Waals surface area contributed by atoms with Crippen molar-refractivity contribution >= 4 is 0 Å². The number of rotatable bonds is 4. The SMILES string of the molecule is OCC1CCCC1CNCC(F)(F)F. The van der Waals surface area contributed by atoms with Crippen molar-refractivity contribution in [3.63, 3.8) is 0 Å². The molecule has 0 amide bonds. The molecule has 2 nitrogen and oxygen atoms in total. The quantitative estimate of drug-likeness (QED) is 0.739. The third kappa shape index (κ3) is 3.84. The molecule has 1 fully saturated rings. The zero-order valence-electron chi connectivity index (χ0n) is 7.98. The van der Waals surface area contributed by atoms with E-state index in [2.05, 4.69) is 5.32 Å². The highest BCUT2D eigenvalue weighted by Crippen LogP contribution is 2.30. The summed E-state index contributed by atoms with van der Waals surface area (Å²) in [4.78, 5) is 0. The molecule has 84 valence electrons. The van der Waals surface area contributed by atoms with Crippen LogP contribution in [-0.4, -0.2) is 31.0 Å². The van der Waals surface area contributed by atoms with Crippen LogP contribution in [-0.2, 0) is 0 Å². The maximum atomic E-state index is 11.8. The Labute approximate surface area is 81.5 Å². The molecule has 14 heavy (non-hydrogen) atoms. The lowest BCUT2D eigenvalue weighted by Gasteiger charge is -2.18. The van der Waals surface area contributed by atoms with Crippen LogP contribution in [0.4, 0.5) is 13.2 Å². The van der Waals surface area contributed by atoms with E-state index in [0.717, 1.165) is 19.3 Å². The lowest BCUT2D eigenvalue weighted by atomic mass is 9.97. The van der Waals surface area contributed by atoms with Crippen molar-refractivity contribution in [2.75, 3.05) is 19.7 Å². The minimum atomic E-state index is -4.13. The number of nitrogens with one attached hydrogen (secondary N) is 1. The predicted octanol–water partition coefficient (Wildman–Crippen LogP) is 1.55. The molecular weight excluding hydrogens is 195 g/mol. The van der Waals surface area contributed by atoms with Crippen molar-refractivity contribution in [3.05, 3.63) is 0 Å². The second-order valence-electron chi connectivity index (χ2n) is 3.88. The molecule has 2 unspecified atom stereocenters. The standard InChI is InChI=1S/C9H16F3NO/c10-9(11,12)6-13-4-7-2-1-3-8(7)5-14/h7-8,13-14H,1-6H2. The number of hydrogen-bond donors (Lipinski definition) is 2. The summed E-state index contributed by atoms with van der Waals surface area (Å²) >= 11 is 0. The van der Waals surface area contributed by atoms with Crippen molar-refractivity contribution in [1.82, 2.24) is 5.32 Å². The van der Waals surface area contributed by atoms with E-state index in [1.165, 1.54) is 0 Å². The van der Waals surface area contributed by atoms with Crippen molar-refractivity contribution in [3.8, 4) is 0 Å². The van der Waals surface area contributed by atoms with Crippen LogP contribution in [0.15, 0.2) is 0 Å². The fourth-order valence-corrected chi connectivity index (χ4v) is 2.02. The molecule has 0 aromatic carbocycles. The van der Waals surface area contributed by atoms with Gasteiger partial charge >= 0.3 is 6.18 Å². The average Bonchev–Trinajstić information content (AvgIpc) is 2.49. The summed E-state index contributed by atoms with van der Waals surface area (Å²) in [6.07, 6.45) is -1.25. The fourth-order valence-electron chi connectivity index (χ4n) is 2.02. The molecule has 0 heterocycles. The van der Waals surface area contributed by atoms with Gasteiger partial charge in [-0.2, -0.15) is 13.2 Å². The Hall–Kier alpha value is -0.290. The van der Waals surface area contributed by atoms with E-state index in [1.807, 2.05) is 0 Å². The van der Waals surface area contributed by atoms with E-state index >= 15 is 0 Å². The van der Waals surface area contributed by atoms with E-state index < -0.39 is 12.7 Å². The Balaban J connectivity index is 2.18. The van der Waals surface area contributed by atoms with Gasteiger partial charge in [0, 0.05) is 6.61 Å². The van der Waals surface area contributed by atoms with Crippen molar-refractivity contribution < 1.29 is 18.3 Å². The third-order valence-corrected chi connectivity index (χ3v) is 2.78. The summed E-state index contributed by atoms with van der Waals surface area (Å²) in [5.41, 5.74) is 0. The summed E-state index contributed by atoms with van der Waals surface area (Å²) in [7, 11) is 0. The summed E-state index contributed by atoms with van der Waals surface area (Å²) in [5.74, 6) is 0.401. The second-order valence-corrected chi connectivity index (χ2v) is 3.88. The average molecular weight is 211 g/mol. The molecule has 0 bridgehead atoms. The van der Waals surface area contributed by atoms with Crippen molar-refractivity contribution in [1.29, 1.82) is 0 Å². The van der Waals surface area contributed by atoms with Gasteiger partial charge in [0.25, 0.3) is 0 Å². The summed E-state index contributed by atoms with van der Waals surface area (Å²) in [5, 5.41) is 11.3. The number of aliphatic hydroxyl groups is 1. The minimum absolute atomic E-state index is 0.0956. The van der Waals surface area contributed by atoms with E-state index in [-0.39, 0.29) is 18.4 Å². The molecule has 2 atom stereocenters. The molecule has 0 aromatic heterocycles. The van der Waals surface area contributed by atoms with Crippen LogP contribution in [0.2, 0.25) is 0 Å². The Kier molecular flexibility index (Phi) is 4.19. The fraction of sp³-hybridized carbons (Fsp3) is 1.00. The van der Waals surface area contributed by atoms with Gasteiger partial charge in [-0.1, -0.05) is 6.42 Å². The topological polar surface area (TPSA) is 32.3 Å². The zero-order chi connectivity index (χ0) is 10.6. The first-order chi connectivity index (χ1) is 6.53. The van der Waals surface area contributed by atoms with Crippen molar-refractivity contribution in [2.24, 2.45) is 11.8 Å². The van der Waals surface area contributed by atoms with Gasteiger partial charge in [0.15, 0.2) is 0 Å². The summed E-state index contributed by atoms with van der Waals surface area (Å²) in [6.45, 7) is -0.468. The van der Waals surface area contributed by atoms with E-state index in [1.54, 1.807) is 0 Å². The Morgan fingerprint density at radius 1 is 1.21 bits per heavy atom. The normalized spacial score (nSPS) is 28.3. The van der Waals surface area contributed by atoms with Gasteiger partial charge in [-0.15, -0.1) is 0 Å². The lowest BCUT2D eigenvalue weighted by Crippen LogP contribution is -2.34. The Morgan fingerprint density at radius 3 is 2.43 bits per heavy atom. The van der Waals surface area contributed by atoms with E-state index in [4.69, 9.17) is 5.11 Å². The van der Waals surface area contributed by atoms with Gasteiger partial charge in [0.1, 0.15) is 0 Å². The van der Waals surface area contributed by atoms with Crippen LogP contribution < -0.4 is 5.32 Å². The van der Waals surface area contributed by atoms with Crippen LogP contribution in [0, 0.1) is 11.8 Å². The first-order valence-electron chi connectivity index (χ1n) is 4.91. The first kappa shape index (κ1) is 11.8. The molecule has 1 rings (SSSR count). The van der Waals surface area contributed by atoms with E-state index in [0.29, 0.717) is 6.54 Å². The number of aliphatic hydroxyl groups excluding tert-OH is 1. The Morgan fingerprint density at radius 2 is 1.86 bits per heavy atom. The van der Waals surface area contributed by atoms with Crippen LogP contribution in [0.1, 0.15) is 19.3 Å². The summed E-state index contributed by atoms with van der Waals surface area (Å²) < 4.78 is 35.4. The van der Waals surface area contributed by atoms with Crippen LogP contribution in [0.3, 0.4) is 0 Å². The highest BCUT2D eigenvalue weighted by molar-refractivity contribution is 4.78. The number of alkyl halides is 3. The maximum absolute atomic E-state index is 11.8. The number of halogens is 3. The molecule has 0 spiro atoms. The molecule has 0 aromatic rings. The smallest absolute Gasteiger partial charge is 0.396 e. The van der Waals surface area contributed by atoms with Gasteiger partial charge < -0.3 is 10.4 Å². The molecule has 5 heteroatoms. The summed E-state index contributed by atoms with van der Waals surface area (Å²) in [6, 6.07) is 0. The zero-order valence-corrected chi connectivity index (χ0v) is 7.98. The molecule has 0 aliphatic heterocycles. The van der Waals surface area contributed by atoms with Gasteiger partial charge in [-0.25, -0.2) is 0 Å². The molecule has 1 aliphatic carbocycles. The largest absolute Gasteiger partial charge is 0.401 e. The Bertz CT molecular complexity index is 172. The number of hydrogen-bond acceptors (Lipinski definition) is 2. The van der Waals surface area contributed by atoms with Gasteiger partial charge in [0.05, 0.1) is 6.54 Å². The highest BCUT2D eigenvalue weighted by Gasteiger charge is 2.29. The lowest BCUT2D eigenvalue weighted by molar-refractivity contribution is -0.125.